The Labute approximate surface area is 158 Å². The van der Waals surface area contributed by atoms with Crippen LogP contribution in [0.25, 0.3) is 0 Å². The number of rotatable bonds is 3. The number of aryl methyl sites for hydroxylation is 1. The second-order valence-electron chi connectivity index (χ2n) is 8.12. The van der Waals surface area contributed by atoms with E-state index in [9.17, 15) is 4.79 Å². The van der Waals surface area contributed by atoms with Gasteiger partial charge in [-0.3, -0.25) is 4.79 Å². The minimum absolute atomic E-state index is 0.113. The third-order valence-corrected chi connectivity index (χ3v) is 7.99. The highest BCUT2D eigenvalue weighted by atomic mass is 32.1. The Morgan fingerprint density at radius 2 is 2.12 bits per heavy atom. The molecule has 1 aromatic rings. The molecule has 0 aromatic carbocycles. The fraction of sp³-hybridized carbons (Fsp3) is 0.737. The summed E-state index contributed by atoms with van der Waals surface area (Å²) in [4.78, 5) is 20.1. The highest BCUT2D eigenvalue weighted by Crippen LogP contribution is 2.57. The Kier molecular flexibility index (Phi) is 4.24. The fourth-order valence-electron chi connectivity index (χ4n) is 5.60. The first-order valence-electron chi connectivity index (χ1n) is 9.87. The van der Waals surface area contributed by atoms with Crippen molar-refractivity contribution in [2.75, 3.05) is 31.2 Å². The zero-order valence-corrected chi connectivity index (χ0v) is 16.1. The van der Waals surface area contributed by atoms with E-state index in [1.165, 1.54) is 42.7 Å². The highest BCUT2D eigenvalue weighted by Gasteiger charge is 2.52. The van der Waals surface area contributed by atoms with Gasteiger partial charge in [-0.15, -0.1) is 0 Å². The van der Waals surface area contributed by atoms with Crippen LogP contribution in [0.1, 0.15) is 47.5 Å². The molecule has 1 aliphatic heterocycles. The standard InChI is InChI=1S/C19H26N4O2S/c1-11-17(26-19(20-11)23-5-7-25-8-6-23)18(24)22-21-16-10-12-9-15(16)14-4-2-3-13(12)14/h12-15H,2-10H2,1H3,(H,22,24)/b21-16+/t12-,13+,14-,15+/m1/s1. The van der Waals surface area contributed by atoms with Crippen LogP contribution in [-0.2, 0) is 4.74 Å². The van der Waals surface area contributed by atoms with Gasteiger partial charge in [-0.25, -0.2) is 10.4 Å². The Morgan fingerprint density at radius 1 is 1.31 bits per heavy atom. The van der Waals surface area contributed by atoms with E-state index in [-0.39, 0.29) is 5.91 Å². The summed E-state index contributed by atoms with van der Waals surface area (Å²) >= 11 is 1.47. The van der Waals surface area contributed by atoms with E-state index in [0.717, 1.165) is 61.3 Å². The van der Waals surface area contributed by atoms with E-state index >= 15 is 0 Å². The van der Waals surface area contributed by atoms with Gasteiger partial charge in [0.2, 0.25) is 0 Å². The SMILES string of the molecule is Cc1nc(N2CCOCC2)sc1C(=O)N/N=C1\C[C@H]2C[C@H]1[C@@H]1CCC[C@@H]21. The van der Waals surface area contributed by atoms with Gasteiger partial charge in [0.25, 0.3) is 5.91 Å². The highest BCUT2D eigenvalue weighted by molar-refractivity contribution is 7.17. The van der Waals surface area contributed by atoms with Gasteiger partial charge in [-0.1, -0.05) is 17.8 Å². The van der Waals surface area contributed by atoms with Crippen LogP contribution in [0.5, 0.6) is 0 Å². The van der Waals surface area contributed by atoms with Gasteiger partial charge in [-0.2, -0.15) is 5.10 Å². The van der Waals surface area contributed by atoms with Crippen molar-refractivity contribution < 1.29 is 9.53 Å². The summed E-state index contributed by atoms with van der Waals surface area (Å²) < 4.78 is 5.39. The van der Waals surface area contributed by atoms with Gasteiger partial charge >= 0.3 is 0 Å². The van der Waals surface area contributed by atoms with Crippen LogP contribution in [-0.4, -0.2) is 42.9 Å². The molecule has 7 heteroatoms. The number of thiazole rings is 1. The lowest BCUT2D eigenvalue weighted by Gasteiger charge is -2.26. The molecule has 1 saturated heterocycles. The van der Waals surface area contributed by atoms with E-state index in [0.29, 0.717) is 10.8 Å². The van der Waals surface area contributed by atoms with Gasteiger partial charge in [0.1, 0.15) is 4.88 Å². The number of hydrogen-bond acceptors (Lipinski definition) is 6. The van der Waals surface area contributed by atoms with Gasteiger partial charge < -0.3 is 9.64 Å². The van der Waals surface area contributed by atoms with E-state index in [4.69, 9.17) is 4.74 Å². The first kappa shape index (κ1) is 16.7. The second-order valence-corrected chi connectivity index (χ2v) is 9.10. The maximum Gasteiger partial charge on any atom is 0.283 e. The summed E-state index contributed by atoms with van der Waals surface area (Å²) in [6.45, 7) is 5.02. The van der Waals surface area contributed by atoms with Crippen molar-refractivity contribution in [3.8, 4) is 0 Å². The van der Waals surface area contributed by atoms with Crippen molar-refractivity contribution in [3.63, 3.8) is 0 Å². The second kappa shape index (κ2) is 6.60. The number of nitrogens with zero attached hydrogens (tertiary/aromatic N) is 3. The largest absolute Gasteiger partial charge is 0.378 e. The predicted octanol–water partition coefficient (Wildman–Crippen LogP) is 2.83. The quantitative estimate of drug-likeness (QED) is 0.826. The van der Waals surface area contributed by atoms with Gasteiger partial charge in [0.05, 0.1) is 18.9 Å². The number of carbonyl (C=O) groups excluding carboxylic acids is 1. The average molecular weight is 375 g/mol. The van der Waals surface area contributed by atoms with E-state index < -0.39 is 0 Å². The van der Waals surface area contributed by atoms with Crippen LogP contribution in [0.15, 0.2) is 5.10 Å². The first-order valence-corrected chi connectivity index (χ1v) is 10.7. The third kappa shape index (κ3) is 2.76. The molecule has 140 valence electrons. The van der Waals surface area contributed by atoms with Gasteiger partial charge in [0.15, 0.2) is 5.13 Å². The molecule has 1 amide bonds. The maximum absolute atomic E-state index is 12.7. The molecular formula is C19H26N4O2S. The Balaban J connectivity index is 1.27. The van der Waals surface area contributed by atoms with Crippen molar-refractivity contribution in [1.29, 1.82) is 0 Å². The third-order valence-electron chi connectivity index (χ3n) is 6.78. The van der Waals surface area contributed by atoms with Crippen LogP contribution in [0.4, 0.5) is 5.13 Å². The summed E-state index contributed by atoms with van der Waals surface area (Å²) in [5, 5.41) is 5.48. The summed E-state index contributed by atoms with van der Waals surface area (Å²) in [6, 6.07) is 0. The fourth-order valence-corrected chi connectivity index (χ4v) is 6.61. The number of fused-ring (bicyclic) bond motifs is 5. The van der Waals surface area contributed by atoms with Crippen molar-refractivity contribution in [2.45, 2.75) is 39.0 Å². The smallest absolute Gasteiger partial charge is 0.283 e. The van der Waals surface area contributed by atoms with E-state index in [1.807, 2.05) is 6.92 Å². The number of hydrogen-bond donors (Lipinski definition) is 1. The summed E-state index contributed by atoms with van der Waals surface area (Å²) in [5.41, 5.74) is 4.87. The number of amides is 1. The Hall–Kier alpha value is -1.47. The van der Waals surface area contributed by atoms with Crippen LogP contribution in [0.3, 0.4) is 0 Å². The number of anilines is 1. The number of carbonyl (C=O) groups is 1. The zero-order chi connectivity index (χ0) is 17.7. The van der Waals surface area contributed by atoms with Crippen LogP contribution >= 0.6 is 11.3 Å². The van der Waals surface area contributed by atoms with Crippen molar-refractivity contribution in [3.05, 3.63) is 10.6 Å². The van der Waals surface area contributed by atoms with Gasteiger partial charge in [0, 0.05) is 24.7 Å². The van der Waals surface area contributed by atoms with Crippen LogP contribution in [0.2, 0.25) is 0 Å². The normalized spacial score (nSPS) is 34.5. The number of ether oxygens (including phenoxy) is 1. The Morgan fingerprint density at radius 3 is 2.96 bits per heavy atom. The van der Waals surface area contributed by atoms with Crippen molar-refractivity contribution in [1.82, 2.24) is 10.4 Å². The predicted molar refractivity (Wildman–Crippen MR) is 102 cm³/mol. The Bertz CT molecular complexity index is 740. The number of morpholine rings is 1. The summed E-state index contributed by atoms with van der Waals surface area (Å²) in [7, 11) is 0. The molecule has 4 aliphatic rings. The molecule has 4 atom stereocenters. The van der Waals surface area contributed by atoms with E-state index in [2.05, 4.69) is 20.4 Å². The van der Waals surface area contributed by atoms with E-state index in [1.54, 1.807) is 0 Å². The van der Waals surface area contributed by atoms with Crippen molar-refractivity contribution in [2.24, 2.45) is 28.8 Å². The first-order chi connectivity index (χ1) is 12.7. The molecule has 5 rings (SSSR count). The topological polar surface area (TPSA) is 66.8 Å². The molecular weight excluding hydrogens is 348 g/mol. The van der Waals surface area contributed by atoms with Gasteiger partial charge in [-0.05, 0) is 50.4 Å². The monoisotopic (exact) mass is 374 g/mol. The molecule has 0 spiro atoms. The molecule has 3 saturated carbocycles. The molecule has 1 aromatic heterocycles. The lowest BCUT2D eigenvalue weighted by Crippen LogP contribution is -2.36. The number of aromatic nitrogens is 1. The lowest BCUT2D eigenvalue weighted by molar-refractivity contribution is 0.0957. The summed E-state index contributed by atoms with van der Waals surface area (Å²) in [5.74, 6) is 3.11. The average Bonchev–Trinajstić information content (AvgIpc) is 3.41. The van der Waals surface area contributed by atoms with Crippen LogP contribution in [0, 0.1) is 30.6 Å². The molecule has 1 N–H and O–H groups in total. The molecule has 2 bridgehead atoms. The molecule has 0 unspecified atom stereocenters. The van der Waals surface area contributed by atoms with Crippen molar-refractivity contribution >= 4 is 28.1 Å². The molecule has 0 radical (unpaired) electrons. The molecule has 3 aliphatic carbocycles. The minimum Gasteiger partial charge on any atom is -0.378 e. The number of nitrogens with one attached hydrogen (secondary N) is 1. The zero-order valence-electron chi connectivity index (χ0n) is 15.2. The number of hydrazone groups is 1. The lowest BCUT2D eigenvalue weighted by atomic mass is 9.81. The maximum atomic E-state index is 12.7. The summed E-state index contributed by atoms with van der Waals surface area (Å²) in [6.07, 6.45) is 6.54. The van der Waals surface area contributed by atoms with Crippen LogP contribution < -0.4 is 10.3 Å². The molecule has 4 fully saturated rings. The molecule has 26 heavy (non-hydrogen) atoms. The molecule has 2 heterocycles. The minimum atomic E-state index is -0.113. The molecule has 6 nitrogen and oxygen atoms in total.